The Morgan fingerprint density at radius 1 is 1.19 bits per heavy atom. The van der Waals surface area contributed by atoms with E-state index in [1.165, 1.54) is 0 Å². The largest absolute Gasteiger partial charge is 0.391 e. The Balaban J connectivity index is 0.00000220. The second-order valence-electron chi connectivity index (χ2n) is 4.87. The summed E-state index contributed by atoms with van der Waals surface area (Å²) >= 11 is 6.01. The fourth-order valence-corrected chi connectivity index (χ4v) is 2.43. The van der Waals surface area contributed by atoms with Crippen LogP contribution in [0.25, 0.3) is 0 Å². The molecular weight excluding hydrogens is 312 g/mol. The Bertz CT molecular complexity index is 592. The highest BCUT2D eigenvalue weighted by Crippen LogP contribution is 2.29. The molecule has 0 bridgehead atoms. The van der Waals surface area contributed by atoms with Crippen molar-refractivity contribution < 1.29 is 9.50 Å². The second kappa shape index (κ2) is 7.76. The number of rotatable bonds is 4. The minimum absolute atomic E-state index is 0. The molecule has 0 saturated carbocycles. The summed E-state index contributed by atoms with van der Waals surface area (Å²) in [6.45, 7) is 1.64. The topological polar surface area (TPSA) is 46.2 Å². The van der Waals surface area contributed by atoms with Crippen LogP contribution in [0.1, 0.15) is 22.7 Å². The lowest BCUT2D eigenvalue weighted by Crippen LogP contribution is -2.29. The van der Waals surface area contributed by atoms with E-state index in [0.29, 0.717) is 12.0 Å². The number of halogens is 3. The van der Waals surface area contributed by atoms with E-state index in [9.17, 15) is 9.50 Å². The third-order valence-electron chi connectivity index (χ3n) is 3.36. The molecule has 0 heterocycles. The van der Waals surface area contributed by atoms with Crippen molar-refractivity contribution in [3.05, 3.63) is 70.0 Å². The zero-order valence-corrected chi connectivity index (χ0v) is 13.2. The summed E-state index contributed by atoms with van der Waals surface area (Å²) in [5.41, 5.74) is 7.57. The van der Waals surface area contributed by atoms with Crippen molar-refractivity contribution in [2.24, 2.45) is 5.73 Å². The molecule has 2 atom stereocenters. The van der Waals surface area contributed by atoms with Gasteiger partial charge in [-0.1, -0.05) is 48.0 Å². The normalized spacial score (nSPS) is 13.4. The van der Waals surface area contributed by atoms with Crippen LogP contribution in [-0.4, -0.2) is 11.2 Å². The van der Waals surface area contributed by atoms with Gasteiger partial charge >= 0.3 is 0 Å². The molecule has 0 fully saturated rings. The molecule has 114 valence electrons. The van der Waals surface area contributed by atoms with Crippen molar-refractivity contribution in [3.8, 4) is 0 Å². The minimum Gasteiger partial charge on any atom is -0.391 e. The van der Waals surface area contributed by atoms with Gasteiger partial charge in [0.1, 0.15) is 5.82 Å². The molecule has 3 N–H and O–H groups in total. The highest BCUT2D eigenvalue weighted by molar-refractivity contribution is 6.31. The van der Waals surface area contributed by atoms with Crippen LogP contribution in [0.15, 0.2) is 42.5 Å². The van der Waals surface area contributed by atoms with Crippen molar-refractivity contribution in [1.82, 2.24) is 0 Å². The Hall–Kier alpha value is -1.13. The van der Waals surface area contributed by atoms with Crippen molar-refractivity contribution >= 4 is 24.0 Å². The monoisotopic (exact) mass is 329 g/mol. The molecule has 0 aliphatic heterocycles. The van der Waals surface area contributed by atoms with Gasteiger partial charge in [0.15, 0.2) is 0 Å². The van der Waals surface area contributed by atoms with Crippen LogP contribution in [0, 0.1) is 12.7 Å². The minimum atomic E-state index is -0.897. The van der Waals surface area contributed by atoms with E-state index >= 15 is 0 Å². The Morgan fingerprint density at radius 3 is 2.43 bits per heavy atom. The fraction of sp³-hybridized carbons (Fsp3) is 0.250. The average molecular weight is 330 g/mol. The first kappa shape index (κ1) is 17.9. The van der Waals surface area contributed by atoms with Crippen LogP contribution in [0.2, 0.25) is 5.02 Å². The zero-order valence-electron chi connectivity index (χ0n) is 11.6. The molecule has 0 radical (unpaired) electrons. The summed E-state index contributed by atoms with van der Waals surface area (Å²) in [6.07, 6.45) is -0.544. The number of aliphatic hydroxyl groups is 1. The molecule has 0 saturated heterocycles. The van der Waals surface area contributed by atoms with E-state index in [1.807, 2.05) is 30.3 Å². The van der Waals surface area contributed by atoms with Gasteiger partial charge in [-0.25, -0.2) is 4.39 Å². The van der Waals surface area contributed by atoms with Crippen molar-refractivity contribution in [1.29, 1.82) is 0 Å². The van der Waals surface area contributed by atoms with Crippen LogP contribution < -0.4 is 5.73 Å². The summed E-state index contributed by atoms with van der Waals surface area (Å²) in [5, 5.41) is 10.5. The number of nitrogens with two attached hydrogens (primary N) is 1. The summed E-state index contributed by atoms with van der Waals surface area (Å²) < 4.78 is 14.1. The summed E-state index contributed by atoms with van der Waals surface area (Å²) in [5.74, 6) is -0.447. The summed E-state index contributed by atoms with van der Waals surface area (Å²) in [6, 6.07) is 11.8. The first-order chi connectivity index (χ1) is 9.50. The maximum Gasteiger partial charge on any atom is 0.132 e. The molecule has 5 heteroatoms. The van der Waals surface area contributed by atoms with E-state index < -0.39 is 18.0 Å². The average Bonchev–Trinajstić information content (AvgIpc) is 2.44. The van der Waals surface area contributed by atoms with Gasteiger partial charge in [0.05, 0.1) is 12.1 Å². The number of aryl methyl sites for hydroxylation is 1. The lowest BCUT2D eigenvalue weighted by Gasteiger charge is -2.21. The Kier molecular flexibility index (Phi) is 6.62. The third-order valence-corrected chi connectivity index (χ3v) is 3.68. The lowest BCUT2D eigenvalue weighted by molar-refractivity contribution is 0.143. The van der Waals surface area contributed by atoms with E-state index in [1.54, 1.807) is 19.1 Å². The van der Waals surface area contributed by atoms with E-state index in [2.05, 4.69) is 0 Å². The standard InChI is InChI=1S/C16H17ClFNO.ClH/c1-10-7-8-12(17)14(15(10)18)16(19)13(20)9-11-5-3-2-4-6-11;/h2-8,13,16,20H,9,19H2,1H3;1H/t13-,16-;/m0./s1. The molecule has 0 aromatic heterocycles. The molecule has 2 rings (SSSR count). The molecule has 0 aliphatic carbocycles. The van der Waals surface area contributed by atoms with Crippen LogP contribution >= 0.6 is 24.0 Å². The molecular formula is C16H18Cl2FNO. The highest BCUT2D eigenvalue weighted by atomic mass is 35.5. The molecule has 21 heavy (non-hydrogen) atoms. The molecule has 2 nitrogen and oxygen atoms in total. The van der Waals surface area contributed by atoms with Gasteiger partial charge in [0.25, 0.3) is 0 Å². The third kappa shape index (κ3) is 4.17. The van der Waals surface area contributed by atoms with Gasteiger partial charge in [0, 0.05) is 17.0 Å². The van der Waals surface area contributed by atoms with Crippen LogP contribution in [0.4, 0.5) is 4.39 Å². The summed E-state index contributed by atoms with van der Waals surface area (Å²) in [7, 11) is 0. The first-order valence-corrected chi connectivity index (χ1v) is 6.80. The zero-order chi connectivity index (χ0) is 14.7. The van der Waals surface area contributed by atoms with Gasteiger partial charge in [-0.05, 0) is 24.1 Å². The number of benzene rings is 2. The van der Waals surface area contributed by atoms with Gasteiger partial charge in [0.2, 0.25) is 0 Å². The quantitative estimate of drug-likeness (QED) is 0.895. The van der Waals surface area contributed by atoms with Crippen LogP contribution in [-0.2, 0) is 6.42 Å². The van der Waals surface area contributed by atoms with Gasteiger partial charge in [-0.15, -0.1) is 12.4 Å². The van der Waals surface area contributed by atoms with Crippen LogP contribution in [0.3, 0.4) is 0 Å². The van der Waals surface area contributed by atoms with Crippen molar-refractivity contribution in [3.63, 3.8) is 0 Å². The predicted molar refractivity (Wildman–Crippen MR) is 86.5 cm³/mol. The predicted octanol–water partition coefficient (Wildman–Crippen LogP) is 3.81. The van der Waals surface area contributed by atoms with Crippen molar-refractivity contribution in [2.45, 2.75) is 25.5 Å². The maximum absolute atomic E-state index is 14.1. The highest BCUT2D eigenvalue weighted by Gasteiger charge is 2.24. The van der Waals surface area contributed by atoms with E-state index in [0.717, 1.165) is 5.56 Å². The van der Waals surface area contributed by atoms with E-state index in [-0.39, 0.29) is 23.0 Å². The molecule has 2 aromatic rings. The Labute approximate surface area is 135 Å². The van der Waals surface area contributed by atoms with Gasteiger partial charge in [-0.2, -0.15) is 0 Å². The van der Waals surface area contributed by atoms with Crippen LogP contribution in [0.5, 0.6) is 0 Å². The first-order valence-electron chi connectivity index (χ1n) is 6.42. The van der Waals surface area contributed by atoms with E-state index in [4.69, 9.17) is 17.3 Å². The SMILES string of the molecule is Cc1ccc(Cl)c([C@@H](N)[C@@H](O)Cc2ccccc2)c1F.Cl. The lowest BCUT2D eigenvalue weighted by atomic mass is 9.95. The second-order valence-corrected chi connectivity index (χ2v) is 5.28. The van der Waals surface area contributed by atoms with Gasteiger partial charge in [-0.3, -0.25) is 0 Å². The Morgan fingerprint density at radius 2 is 1.81 bits per heavy atom. The maximum atomic E-state index is 14.1. The number of aliphatic hydroxyl groups excluding tert-OH is 1. The molecule has 0 spiro atoms. The number of hydrogen-bond donors (Lipinski definition) is 2. The molecule has 2 aromatic carbocycles. The number of hydrogen-bond acceptors (Lipinski definition) is 2. The van der Waals surface area contributed by atoms with Gasteiger partial charge < -0.3 is 10.8 Å². The molecule has 0 amide bonds. The molecule has 0 unspecified atom stereocenters. The van der Waals surface area contributed by atoms with Crippen molar-refractivity contribution in [2.75, 3.05) is 0 Å². The molecule has 0 aliphatic rings. The summed E-state index contributed by atoms with van der Waals surface area (Å²) in [4.78, 5) is 0. The fourth-order valence-electron chi connectivity index (χ4n) is 2.16. The smallest absolute Gasteiger partial charge is 0.132 e.